The minimum absolute atomic E-state index is 0.909. The monoisotopic (exact) mass is 677 g/mol. The molecule has 5 aromatic heterocycles. The summed E-state index contributed by atoms with van der Waals surface area (Å²) in [7, 11) is 0. The van der Waals surface area contributed by atoms with Gasteiger partial charge in [-0.3, -0.25) is 9.97 Å². The van der Waals surface area contributed by atoms with E-state index in [0.29, 0.717) is 0 Å². The second-order valence-corrected chi connectivity index (χ2v) is 13.2. The van der Waals surface area contributed by atoms with E-state index in [2.05, 4.69) is 154 Å². The highest BCUT2D eigenvalue weighted by molar-refractivity contribution is 5.99. The van der Waals surface area contributed by atoms with Crippen LogP contribution in [0.2, 0.25) is 0 Å². The first-order valence-corrected chi connectivity index (χ1v) is 17.7. The third kappa shape index (κ3) is 5.61. The maximum Gasteiger partial charge on any atom is 0.0951 e. The van der Waals surface area contributed by atoms with Crippen LogP contribution in [-0.2, 0) is 0 Å². The maximum absolute atomic E-state index is 5.26. The molecule has 0 amide bonds. The molecule has 53 heavy (non-hydrogen) atoms. The molecule has 0 N–H and O–H groups in total. The molecule has 5 heterocycles. The average Bonchev–Trinajstić information content (AvgIpc) is 3.64. The molecule has 0 aliphatic heterocycles. The van der Waals surface area contributed by atoms with Gasteiger partial charge >= 0.3 is 0 Å². The molecular formula is C48H31N5. The summed E-state index contributed by atoms with van der Waals surface area (Å²) in [5, 5.41) is 1.19. The van der Waals surface area contributed by atoms with Gasteiger partial charge in [-0.1, -0.05) is 97.1 Å². The maximum atomic E-state index is 5.26. The fraction of sp³-hybridized carbons (Fsp3) is 0. The van der Waals surface area contributed by atoms with E-state index >= 15 is 0 Å². The number of para-hydroxylation sites is 3. The van der Waals surface area contributed by atoms with E-state index in [0.717, 1.165) is 83.7 Å². The van der Waals surface area contributed by atoms with Crippen LogP contribution in [0.3, 0.4) is 0 Å². The van der Waals surface area contributed by atoms with Crippen LogP contribution in [0.5, 0.6) is 0 Å². The van der Waals surface area contributed by atoms with Crippen molar-refractivity contribution in [1.82, 2.24) is 24.3 Å². The van der Waals surface area contributed by atoms with Gasteiger partial charge in [-0.2, -0.15) is 0 Å². The molecule has 0 aliphatic carbocycles. The first-order valence-electron chi connectivity index (χ1n) is 17.7. The Morgan fingerprint density at radius 3 is 1.49 bits per heavy atom. The van der Waals surface area contributed by atoms with Crippen molar-refractivity contribution in [3.8, 4) is 67.2 Å². The average molecular weight is 678 g/mol. The standard InChI is InChI=1S/C48H31N5/c1-3-10-45-39(6-1)31-47-48(52-42-9-2-4-11-46(42)53(45)47)40-8-5-7-38(28-40)41-29-43(36-16-12-32(13-17-36)34-20-24-49-25-21-34)51-44(30-41)37-18-14-33(15-19-37)35-22-26-50-27-23-35/h1-31H. The highest BCUT2D eigenvalue weighted by atomic mass is 14.9. The summed E-state index contributed by atoms with van der Waals surface area (Å²) >= 11 is 0. The highest BCUT2D eigenvalue weighted by Gasteiger charge is 2.16. The van der Waals surface area contributed by atoms with Crippen LogP contribution in [-0.4, -0.2) is 24.3 Å². The molecule has 0 spiro atoms. The van der Waals surface area contributed by atoms with Gasteiger partial charge in [-0.05, 0) is 100 Å². The first kappa shape index (κ1) is 30.6. The van der Waals surface area contributed by atoms with Crippen LogP contribution in [0.4, 0.5) is 0 Å². The number of rotatable bonds is 6. The lowest BCUT2D eigenvalue weighted by molar-refractivity contribution is 1.27. The van der Waals surface area contributed by atoms with Gasteiger partial charge in [0.2, 0.25) is 0 Å². The summed E-state index contributed by atoms with van der Waals surface area (Å²) in [6.07, 6.45) is 7.30. The molecule has 5 aromatic carbocycles. The van der Waals surface area contributed by atoms with Crippen LogP contribution in [0.15, 0.2) is 189 Å². The van der Waals surface area contributed by atoms with Gasteiger partial charge in [0.25, 0.3) is 0 Å². The molecule has 0 fully saturated rings. The predicted molar refractivity (Wildman–Crippen MR) is 216 cm³/mol. The molecule has 5 nitrogen and oxygen atoms in total. The first-order chi connectivity index (χ1) is 26.2. The van der Waals surface area contributed by atoms with Crippen molar-refractivity contribution in [2.75, 3.05) is 0 Å². The Bertz CT molecular complexity index is 2810. The van der Waals surface area contributed by atoms with E-state index in [9.17, 15) is 0 Å². The van der Waals surface area contributed by atoms with Gasteiger partial charge < -0.3 is 4.40 Å². The number of benzene rings is 5. The Morgan fingerprint density at radius 2 is 0.849 bits per heavy atom. The Labute approximate surface area is 306 Å². The number of nitrogens with zero attached hydrogens (tertiary/aromatic N) is 5. The summed E-state index contributed by atoms with van der Waals surface area (Å²) in [5.74, 6) is 0. The van der Waals surface area contributed by atoms with Crippen molar-refractivity contribution in [3.05, 3.63) is 189 Å². The fourth-order valence-electron chi connectivity index (χ4n) is 7.32. The zero-order valence-electron chi connectivity index (χ0n) is 28.6. The van der Waals surface area contributed by atoms with Gasteiger partial charge in [0.1, 0.15) is 0 Å². The quantitative estimate of drug-likeness (QED) is 0.176. The molecule has 0 radical (unpaired) electrons. The second-order valence-electron chi connectivity index (χ2n) is 13.2. The van der Waals surface area contributed by atoms with E-state index in [4.69, 9.17) is 9.97 Å². The van der Waals surface area contributed by atoms with Crippen molar-refractivity contribution >= 4 is 27.5 Å². The summed E-state index contributed by atoms with van der Waals surface area (Å²) in [6.45, 7) is 0. The van der Waals surface area contributed by atoms with Crippen LogP contribution in [0, 0.1) is 0 Å². The van der Waals surface area contributed by atoms with Gasteiger partial charge in [-0.15, -0.1) is 0 Å². The third-order valence-electron chi connectivity index (χ3n) is 9.99. The summed E-state index contributed by atoms with van der Waals surface area (Å²) < 4.78 is 2.34. The summed E-state index contributed by atoms with van der Waals surface area (Å²) in [6, 6.07) is 57.7. The number of hydrogen-bond donors (Lipinski definition) is 0. The lowest BCUT2D eigenvalue weighted by atomic mass is 9.96. The molecule has 5 heteroatoms. The number of hydrogen-bond acceptors (Lipinski definition) is 4. The molecule has 0 saturated carbocycles. The van der Waals surface area contributed by atoms with Crippen molar-refractivity contribution < 1.29 is 0 Å². The molecule has 0 saturated heterocycles. The van der Waals surface area contributed by atoms with Crippen molar-refractivity contribution in [2.45, 2.75) is 0 Å². The smallest absolute Gasteiger partial charge is 0.0951 e. The summed E-state index contributed by atoms with van der Waals surface area (Å²) in [5.41, 5.74) is 17.0. The number of pyridine rings is 3. The minimum Gasteiger partial charge on any atom is -0.306 e. The Balaban J connectivity index is 1.12. The van der Waals surface area contributed by atoms with Crippen LogP contribution in [0.1, 0.15) is 0 Å². The van der Waals surface area contributed by atoms with Gasteiger partial charge in [0.05, 0.1) is 39.1 Å². The lowest BCUT2D eigenvalue weighted by Crippen LogP contribution is -1.96. The van der Waals surface area contributed by atoms with Gasteiger partial charge in [-0.25, -0.2) is 9.97 Å². The number of fused-ring (bicyclic) bond motifs is 5. The van der Waals surface area contributed by atoms with E-state index in [1.807, 2.05) is 49.1 Å². The van der Waals surface area contributed by atoms with Crippen molar-refractivity contribution in [1.29, 1.82) is 0 Å². The van der Waals surface area contributed by atoms with Crippen molar-refractivity contribution in [3.63, 3.8) is 0 Å². The zero-order valence-corrected chi connectivity index (χ0v) is 28.6. The molecule has 10 rings (SSSR count). The van der Waals surface area contributed by atoms with E-state index in [1.165, 1.54) is 10.9 Å². The molecule has 10 aromatic rings. The molecule has 0 unspecified atom stereocenters. The lowest BCUT2D eigenvalue weighted by Gasteiger charge is -2.13. The van der Waals surface area contributed by atoms with Crippen LogP contribution >= 0.6 is 0 Å². The van der Waals surface area contributed by atoms with E-state index in [1.54, 1.807) is 0 Å². The molecule has 0 bridgehead atoms. The topological polar surface area (TPSA) is 56.0 Å². The van der Waals surface area contributed by atoms with E-state index < -0.39 is 0 Å². The van der Waals surface area contributed by atoms with E-state index in [-0.39, 0.29) is 0 Å². The van der Waals surface area contributed by atoms with Gasteiger partial charge in [0, 0.05) is 46.9 Å². The molecule has 0 aliphatic rings. The number of aromatic nitrogens is 5. The minimum atomic E-state index is 0.909. The Kier molecular flexibility index (Phi) is 7.40. The predicted octanol–water partition coefficient (Wildman–Crippen LogP) is 11.8. The largest absolute Gasteiger partial charge is 0.306 e. The summed E-state index contributed by atoms with van der Waals surface area (Å²) in [4.78, 5) is 18.9. The Morgan fingerprint density at radius 1 is 0.321 bits per heavy atom. The zero-order chi connectivity index (χ0) is 35.1. The highest BCUT2D eigenvalue weighted by Crippen LogP contribution is 2.36. The van der Waals surface area contributed by atoms with Crippen LogP contribution < -0.4 is 0 Å². The fourth-order valence-corrected chi connectivity index (χ4v) is 7.32. The van der Waals surface area contributed by atoms with Gasteiger partial charge in [0.15, 0.2) is 0 Å². The molecular weight excluding hydrogens is 647 g/mol. The third-order valence-corrected chi connectivity index (χ3v) is 9.99. The van der Waals surface area contributed by atoms with Crippen molar-refractivity contribution in [2.24, 2.45) is 0 Å². The van der Waals surface area contributed by atoms with Crippen LogP contribution in [0.25, 0.3) is 94.6 Å². The normalized spacial score (nSPS) is 11.4. The Hall–Kier alpha value is -7.24. The molecule has 0 atom stereocenters. The SMILES string of the molecule is c1cc(-c2cc(-c3ccc(-c4ccncc4)cc3)nc(-c3ccc(-c4ccncc4)cc3)c2)cc(-c2nc3ccccc3n3c2cc2ccccc23)c1. The second kappa shape index (κ2) is 12.8. The molecule has 248 valence electrons.